The SMILES string of the molecule is Cc1ccc(C)c(S(=O)(=O)[C@@H](CNC(=O)Nc2ccccc2)c2cccs2)c1. The number of aryl methyl sites for hydroxylation is 2. The topological polar surface area (TPSA) is 75.3 Å². The Kier molecular flexibility index (Phi) is 6.16. The highest BCUT2D eigenvalue weighted by molar-refractivity contribution is 7.92. The van der Waals surface area contributed by atoms with Crippen LogP contribution in [-0.2, 0) is 9.84 Å². The Morgan fingerprint density at radius 1 is 1.04 bits per heavy atom. The summed E-state index contributed by atoms with van der Waals surface area (Å²) in [5, 5.41) is 6.41. The van der Waals surface area contributed by atoms with Crippen molar-refractivity contribution in [1.29, 1.82) is 0 Å². The molecule has 3 rings (SSSR count). The normalized spacial score (nSPS) is 12.4. The lowest BCUT2D eigenvalue weighted by atomic mass is 10.2. The van der Waals surface area contributed by atoms with Crippen LogP contribution >= 0.6 is 11.3 Å². The maximum Gasteiger partial charge on any atom is 0.319 e. The standard InChI is InChI=1S/C21H22N2O3S2/c1-15-10-11-16(2)19(13-15)28(25,26)20(18-9-6-12-27-18)14-22-21(24)23-17-7-4-3-5-8-17/h3-13,20H,14H2,1-2H3,(H2,22,23,24)/t20-/m0/s1. The summed E-state index contributed by atoms with van der Waals surface area (Å²) in [6, 6.07) is 17.6. The van der Waals surface area contributed by atoms with Crippen molar-refractivity contribution in [1.82, 2.24) is 5.32 Å². The summed E-state index contributed by atoms with van der Waals surface area (Å²) in [7, 11) is -3.68. The second-order valence-corrected chi connectivity index (χ2v) is 9.60. The second-order valence-electron chi connectivity index (χ2n) is 6.52. The van der Waals surface area contributed by atoms with Crippen molar-refractivity contribution in [3.63, 3.8) is 0 Å². The molecule has 3 aromatic rings. The highest BCUT2D eigenvalue weighted by atomic mass is 32.2. The van der Waals surface area contributed by atoms with Gasteiger partial charge in [-0.25, -0.2) is 13.2 Å². The molecular weight excluding hydrogens is 392 g/mol. The monoisotopic (exact) mass is 414 g/mol. The Labute approximate surface area is 169 Å². The quantitative estimate of drug-likeness (QED) is 0.614. The van der Waals surface area contributed by atoms with Gasteiger partial charge in [0, 0.05) is 17.1 Å². The lowest BCUT2D eigenvalue weighted by Gasteiger charge is -2.19. The Bertz CT molecular complexity index is 1050. The molecule has 0 saturated heterocycles. The number of rotatable bonds is 6. The summed E-state index contributed by atoms with van der Waals surface area (Å²) < 4.78 is 26.8. The molecule has 0 radical (unpaired) electrons. The van der Waals surface area contributed by atoms with Crippen LogP contribution in [0.1, 0.15) is 21.3 Å². The zero-order valence-corrected chi connectivity index (χ0v) is 17.3. The van der Waals surface area contributed by atoms with Gasteiger partial charge in [0.1, 0.15) is 5.25 Å². The minimum Gasteiger partial charge on any atom is -0.336 e. The highest BCUT2D eigenvalue weighted by Gasteiger charge is 2.31. The zero-order chi connectivity index (χ0) is 20.1. The first-order valence-electron chi connectivity index (χ1n) is 8.82. The van der Waals surface area contributed by atoms with Crippen LogP contribution < -0.4 is 10.6 Å². The van der Waals surface area contributed by atoms with Crippen molar-refractivity contribution in [2.45, 2.75) is 24.0 Å². The number of carbonyl (C=O) groups is 1. The Morgan fingerprint density at radius 3 is 2.46 bits per heavy atom. The number of hydrogen-bond donors (Lipinski definition) is 2. The first kappa shape index (κ1) is 20.1. The molecule has 28 heavy (non-hydrogen) atoms. The third kappa shape index (κ3) is 4.61. The van der Waals surface area contributed by atoms with E-state index in [0.29, 0.717) is 21.0 Å². The number of anilines is 1. The summed E-state index contributed by atoms with van der Waals surface area (Å²) >= 11 is 1.37. The molecule has 0 unspecified atom stereocenters. The summed E-state index contributed by atoms with van der Waals surface area (Å²) in [6.07, 6.45) is 0. The molecule has 2 aromatic carbocycles. The fourth-order valence-corrected chi connectivity index (χ4v) is 6.00. The Morgan fingerprint density at radius 2 is 1.79 bits per heavy atom. The average molecular weight is 415 g/mol. The van der Waals surface area contributed by atoms with E-state index in [1.54, 1.807) is 31.2 Å². The fourth-order valence-electron chi connectivity index (χ4n) is 2.89. The van der Waals surface area contributed by atoms with E-state index < -0.39 is 21.1 Å². The molecule has 0 spiro atoms. The number of para-hydroxylation sites is 1. The van der Waals surface area contributed by atoms with Crippen LogP contribution in [0.3, 0.4) is 0 Å². The number of sulfone groups is 1. The average Bonchev–Trinajstić information content (AvgIpc) is 3.18. The lowest BCUT2D eigenvalue weighted by molar-refractivity contribution is 0.252. The maximum atomic E-state index is 13.4. The molecule has 0 aliphatic carbocycles. The summed E-state index contributed by atoms with van der Waals surface area (Å²) in [4.78, 5) is 13.3. The van der Waals surface area contributed by atoms with Crippen molar-refractivity contribution in [2.24, 2.45) is 0 Å². The minimum atomic E-state index is -3.68. The van der Waals surface area contributed by atoms with E-state index in [-0.39, 0.29) is 6.54 Å². The molecule has 5 nitrogen and oxygen atoms in total. The third-order valence-electron chi connectivity index (χ3n) is 4.36. The van der Waals surface area contributed by atoms with Gasteiger partial charge in [-0.3, -0.25) is 0 Å². The molecular formula is C21H22N2O3S2. The van der Waals surface area contributed by atoms with Crippen LogP contribution in [0.4, 0.5) is 10.5 Å². The van der Waals surface area contributed by atoms with Gasteiger partial charge in [0.15, 0.2) is 9.84 Å². The van der Waals surface area contributed by atoms with Crippen LogP contribution in [0.2, 0.25) is 0 Å². The summed E-state index contributed by atoms with van der Waals surface area (Å²) in [5.74, 6) is 0. The van der Waals surface area contributed by atoms with E-state index in [4.69, 9.17) is 0 Å². The van der Waals surface area contributed by atoms with E-state index in [9.17, 15) is 13.2 Å². The molecule has 1 heterocycles. The molecule has 0 aliphatic rings. The number of benzene rings is 2. The van der Waals surface area contributed by atoms with Crippen molar-refractivity contribution in [2.75, 3.05) is 11.9 Å². The van der Waals surface area contributed by atoms with E-state index >= 15 is 0 Å². The largest absolute Gasteiger partial charge is 0.336 e. The predicted octanol–water partition coefficient (Wildman–Crippen LogP) is 4.70. The minimum absolute atomic E-state index is 0.0190. The number of hydrogen-bond acceptors (Lipinski definition) is 4. The third-order valence-corrected chi connectivity index (χ3v) is 7.72. The van der Waals surface area contributed by atoms with Crippen LogP contribution in [0.25, 0.3) is 0 Å². The molecule has 0 saturated carbocycles. The van der Waals surface area contributed by atoms with Gasteiger partial charge in [-0.05, 0) is 54.6 Å². The van der Waals surface area contributed by atoms with Gasteiger partial charge >= 0.3 is 6.03 Å². The van der Waals surface area contributed by atoms with Crippen molar-refractivity contribution in [3.8, 4) is 0 Å². The summed E-state index contributed by atoms with van der Waals surface area (Å²) in [5.41, 5.74) is 2.22. The van der Waals surface area contributed by atoms with Gasteiger partial charge in [-0.15, -0.1) is 11.3 Å². The molecule has 7 heteroatoms. The Hall–Kier alpha value is -2.64. The fraction of sp³-hybridized carbons (Fsp3) is 0.190. The van der Waals surface area contributed by atoms with Gasteiger partial charge < -0.3 is 10.6 Å². The number of thiophene rings is 1. The van der Waals surface area contributed by atoms with Gasteiger partial charge in [-0.1, -0.05) is 36.4 Å². The first-order chi connectivity index (χ1) is 13.4. The summed E-state index contributed by atoms with van der Waals surface area (Å²) in [6.45, 7) is 3.63. The molecule has 146 valence electrons. The van der Waals surface area contributed by atoms with Crippen LogP contribution in [0.5, 0.6) is 0 Å². The molecule has 0 fully saturated rings. The van der Waals surface area contributed by atoms with E-state index in [0.717, 1.165) is 5.56 Å². The van der Waals surface area contributed by atoms with Crippen molar-refractivity contribution < 1.29 is 13.2 Å². The molecule has 0 bridgehead atoms. The van der Waals surface area contributed by atoms with Gasteiger partial charge in [-0.2, -0.15) is 0 Å². The number of amides is 2. The highest BCUT2D eigenvalue weighted by Crippen LogP contribution is 2.33. The number of urea groups is 1. The smallest absolute Gasteiger partial charge is 0.319 e. The van der Waals surface area contributed by atoms with Gasteiger partial charge in [0.25, 0.3) is 0 Å². The van der Waals surface area contributed by atoms with E-state index in [1.165, 1.54) is 11.3 Å². The Balaban J connectivity index is 1.84. The number of nitrogens with one attached hydrogen (secondary N) is 2. The number of carbonyl (C=O) groups excluding carboxylic acids is 1. The van der Waals surface area contributed by atoms with Crippen LogP contribution in [0, 0.1) is 13.8 Å². The van der Waals surface area contributed by atoms with Crippen LogP contribution in [-0.4, -0.2) is 21.0 Å². The molecule has 1 atom stereocenters. The molecule has 0 aliphatic heterocycles. The molecule has 1 aromatic heterocycles. The van der Waals surface area contributed by atoms with Crippen molar-refractivity contribution >= 4 is 32.9 Å². The molecule has 2 amide bonds. The van der Waals surface area contributed by atoms with Crippen LogP contribution in [0.15, 0.2) is 70.9 Å². The van der Waals surface area contributed by atoms with E-state index in [1.807, 2.05) is 48.7 Å². The second kappa shape index (κ2) is 8.58. The van der Waals surface area contributed by atoms with E-state index in [2.05, 4.69) is 10.6 Å². The van der Waals surface area contributed by atoms with Gasteiger partial charge in [0.05, 0.1) is 4.90 Å². The predicted molar refractivity (Wildman–Crippen MR) is 114 cm³/mol. The van der Waals surface area contributed by atoms with Gasteiger partial charge in [0.2, 0.25) is 0 Å². The first-order valence-corrected chi connectivity index (χ1v) is 11.2. The van der Waals surface area contributed by atoms with Crippen molar-refractivity contribution in [3.05, 3.63) is 82.0 Å². The molecule has 2 N–H and O–H groups in total. The zero-order valence-electron chi connectivity index (χ0n) is 15.7. The maximum absolute atomic E-state index is 13.4. The lowest BCUT2D eigenvalue weighted by Crippen LogP contribution is -2.34.